The minimum Gasteiger partial charge on any atom is -0.389 e. The second kappa shape index (κ2) is 6.09. The molecule has 0 saturated carbocycles. The van der Waals surface area contributed by atoms with E-state index in [4.69, 9.17) is 5.73 Å². The molecule has 0 fully saturated rings. The number of rotatable bonds is 5. The molecule has 0 bridgehead atoms. The fraction of sp³-hybridized carbons (Fsp3) is 0.462. The molecule has 100 valence electrons. The molecule has 1 unspecified atom stereocenters. The van der Waals surface area contributed by atoms with E-state index in [2.05, 4.69) is 26.1 Å². The maximum atomic E-state index is 13.9. The summed E-state index contributed by atoms with van der Waals surface area (Å²) in [6, 6.07) is 2.93. The number of benzene rings is 1. The number of nitrogens with zero attached hydrogens (tertiary/aromatic N) is 1. The molecule has 0 aliphatic rings. The van der Waals surface area contributed by atoms with Crippen LogP contribution < -0.4 is 10.6 Å². The van der Waals surface area contributed by atoms with Gasteiger partial charge in [0.15, 0.2) is 11.6 Å². The molecular weight excluding hydrogens is 254 g/mol. The molecule has 1 rings (SSSR count). The SMILES string of the molecule is CCC(C)CN(C)c1ccc(C(N)=S)c(F)c1F. The molecule has 0 saturated heterocycles. The zero-order valence-corrected chi connectivity index (χ0v) is 11.7. The molecule has 1 aromatic rings. The lowest BCUT2D eigenvalue weighted by atomic mass is 10.1. The zero-order valence-electron chi connectivity index (χ0n) is 10.8. The highest BCUT2D eigenvalue weighted by molar-refractivity contribution is 7.80. The van der Waals surface area contributed by atoms with Crippen molar-refractivity contribution in [2.45, 2.75) is 20.3 Å². The topological polar surface area (TPSA) is 29.3 Å². The van der Waals surface area contributed by atoms with Crippen molar-refractivity contribution in [3.8, 4) is 0 Å². The number of hydrogen-bond donors (Lipinski definition) is 1. The summed E-state index contributed by atoms with van der Waals surface area (Å²) in [6.07, 6.45) is 0.986. The monoisotopic (exact) mass is 272 g/mol. The van der Waals surface area contributed by atoms with Gasteiger partial charge in [-0.25, -0.2) is 8.78 Å². The Morgan fingerprint density at radius 2 is 2.00 bits per heavy atom. The van der Waals surface area contributed by atoms with Crippen molar-refractivity contribution in [3.63, 3.8) is 0 Å². The molecular formula is C13H18F2N2S. The fourth-order valence-corrected chi connectivity index (χ4v) is 1.88. The molecule has 0 aliphatic carbocycles. The average molecular weight is 272 g/mol. The number of nitrogens with two attached hydrogens (primary N) is 1. The van der Waals surface area contributed by atoms with E-state index in [1.54, 1.807) is 11.9 Å². The van der Waals surface area contributed by atoms with Gasteiger partial charge in [-0.05, 0) is 18.1 Å². The molecule has 18 heavy (non-hydrogen) atoms. The van der Waals surface area contributed by atoms with E-state index < -0.39 is 11.6 Å². The van der Waals surface area contributed by atoms with Gasteiger partial charge in [-0.1, -0.05) is 32.5 Å². The number of halogens is 2. The van der Waals surface area contributed by atoms with E-state index >= 15 is 0 Å². The highest BCUT2D eigenvalue weighted by Crippen LogP contribution is 2.24. The van der Waals surface area contributed by atoms with Crippen molar-refractivity contribution in [1.82, 2.24) is 0 Å². The van der Waals surface area contributed by atoms with Gasteiger partial charge in [-0.15, -0.1) is 0 Å². The third-order valence-corrected chi connectivity index (χ3v) is 3.24. The van der Waals surface area contributed by atoms with Crippen LogP contribution in [0.3, 0.4) is 0 Å². The Morgan fingerprint density at radius 3 is 2.50 bits per heavy atom. The van der Waals surface area contributed by atoms with E-state index in [1.165, 1.54) is 12.1 Å². The summed E-state index contributed by atoms with van der Waals surface area (Å²) in [4.78, 5) is 1.57. The van der Waals surface area contributed by atoms with Gasteiger partial charge in [0.05, 0.1) is 5.69 Å². The maximum absolute atomic E-state index is 13.9. The van der Waals surface area contributed by atoms with E-state index in [9.17, 15) is 8.78 Å². The Kier molecular flexibility index (Phi) is 5.02. The average Bonchev–Trinajstić information content (AvgIpc) is 2.31. The van der Waals surface area contributed by atoms with Crippen LogP contribution in [-0.2, 0) is 0 Å². The number of anilines is 1. The van der Waals surface area contributed by atoms with Crippen LogP contribution in [0.5, 0.6) is 0 Å². The first-order valence-electron chi connectivity index (χ1n) is 5.87. The standard InChI is InChI=1S/C13H18F2N2S/c1-4-8(2)7-17(3)10-6-5-9(13(16)18)11(14)12(10)15/h5-6,8H,4,7H2,1-3H3,(H2,16,18). The van der Waals surface area contributed by atoms with Crippen molar-refractivity contribution < 1.29 is 8.78 Å². The van der Waals surface area contributed by atoms with Crippen molar-refractivity contribution >= 4 is 22.9 Å². The summed E-state index contributed by atoms with van der Waals surface area (Å²) in [5.41, 5.74) is 5.50. The number of hydrogen-bond acceptors (Lipinski definition) is 2. The lowest BCUT2D eigenvalue weighted by Crippen LogP contribution is -2.25. The van der Waals surface area contributed by atoms with Gasteiger partial charge in [-0.2, -0.15) is 0 Å². The first kappa shape index (κ1) is 14.8. The first-order valence-corrected chi connectivity index (χ1v) is 6.28. The third-order valence-electron chi connectivity index (χ3n) is 3.02. The molecule has 0 aliphatic heterocycles. The largest absolute Gasteiger partial charge is 0.389 e. The Labute approximate surface area is 112 Å². The second-order valence-electron chi connectivity index (χ2n) is 4.52. The van der Waals surface area contributed by atoms with E-state index in [0.717, 1.165) is 6.42 Å². The summed E-state index contributed by atoms with van der Waals surface area (Å²) >= 11 is 4.66. The third kappa shape index (κ3) is 3.16. The summed E-state index contributed by atoms with van der Waals surface area (Å²) in [6.45, 7) is 4.79. The van der Waals surface area contributed by atoms with Crippen LogP contribution in [0.1, 0.15) is 25.8 Å². The highest BCUT2D eigenvalue weighted by Gasteiger charge is 2.18. The van der Waals surface area contributed by atoms with Crippen LogP contribution in [0.2, 0.25) is 0 Å². The quantitative estimate of drug-likeness (QED) is 0.835. The van der Waals surface area contributed by atoms with Gasteiger partial charge < -0.3 is 10.6 Å². The van der Waals surface area contributed by atoms with E-state index in [-0.39, 0.29) is 16.2 Å². The minimum absolute atomic E-state index is 0.0526. The summed E-state index contributed by atoms with van der Waals surface area (Å²) < 4.78 is 27.6. The molecule has 5 heteroatoms. The van der Waals surface area contributed by atoms with E-state index in [0.29, 0.717) is 12.5 Å². The molecule has 0 heterocycles. The van der Waals surface area contributed by atoms with Crippen molar-refractivity contribution in [2.24, 2.45) is 11.7 Å². The Hall–Kier alpha value is -1.23. The maximum Gasteiger partial charge on any atom is 0.182 e. The van der Waals surface area contributed by atoms with Gasteiger partial charge in [-0.3, -0.25) is 0 Å². The molecule has 0 amide bonds. The van der Waals surface area contributed by atoms with Crippen molar-refractivity contribution in [3.05, 3.63) is 29.3 Å². The molecule has 0 aromatic heterocycles. The Balaban J connectivity index is 3.05. The van der Waals surface area contributed by atoms with Crippen molar-refractivity contribution in [1.29, 1.82) is 0 Å². The van der Waals surface area contributed by atoms with Crippen LogP contribution >= 0.6 is 12.2 Å². The fourth-order valence-electron chi connectivity index (χ4n) is 1.72. The zero-order chi connectivity index (χ0) is 13.9. The Morgan fingerprint density at radius 1 is 1.39 bits per heavy atom. The van der Waals surface area contributed by atoms with Crippen LogP contribution in [0, 0.1) is 17.6 Å². The van der Waals surface area contributed by atoms with Crippen LogP contribution in [0.4, 0.5) is 14.5 Å². The van der Waals surface area contributed by atoms with Crippen LogP contribution in [0.15, 0.2) is 12.1 Å². The minimum atomic E-state index is -0.976. The Bertz CT molecular complexity index is 449. The number of thiocarbonyl (C=S) groups is 1. The van der Waals surface area contributed by atoms with Crippen LogP contribution in [0.25, 0.3) is 0 Å². The van der Waals surface area contributed by atoms with Gasteiger partial charge in [0.25, 0.3) is 0 Å². The molecule has 0 spiro atoms. The summed E-state index contributed by atoms with van der Waals surface area (Å²) in [5.74, 6) is -1.46. The van der Waals surface area contributed by atoms with E-state index in [1.807, 2.05) is 0 Å². The van der Waals surface area contributed by atoms with Gasteiger partial charge in [0, 0.05) is 19.2 Å². The molecule has 2 N–H and O–H groups in total. The molecule has 0 radical (unpaired) electrons. The van der Waals surface area contributed by atoms with Gasteiger partial charge in [0.2, 0.25) is 0 Å². The molecule has 1 aromatic carbocycles. The normalized spacial score (nSPS) is 12.3. The van der Waals surface area contributed by atoms with Gasteiger partial charge >= 0.3 is 0 Å². The highest BCUT2D eigenvalue weighted by atomic mass is 32.1. The predicted octanol–water partition coefficient (Wildman–Crippen LogP) is 3.08. The predicted molar refractivity (Wildman–Crippen MR) is 75.0 cm³/mol. The van der Waals surface area contributed by atoms with Gasteiger partial charge in [0.1, 0.15) is 4.99 Å². The second-order valence-corrected chi connectivity index (χ2v) is 4.96. The molecule has 2 nitrogen and oxygen atoms in total. The lowest BCUT2D eigenvalue weighted by molar-refractivity contribution is 0.499. The first-order chi connectivity index (χ1) is 8.38. The molecule has 1 atom stereocenters. The van der Waals surface area contributed by atoms with Crippen molar-refractivity contribution in [2.75, 3.05) is 18.5 Å². The summed E-state index contributed by atoms with van der Waals surface area (Å²) in [5, 5.41) is 0. The lowest BCUT2D eigenvalue weighted by Gasteiger charge is -2.23. The smallest absolute Gasteiger partial charge is 0.182 e. The summed E-state index contributed by atoms with van der Waals surface area (Å²) in [7, 11) is 1.74. The van der Waals surface area contributed by atoms with Crippen LogP contribution in [-0.4, -0.2) is 18.6 Å².